The quantitative estimate of drug-likeness (QED) is 0.337. The van der Waals surface area contributed by atoms with Gasteiger partial charge in [0.15, 0.2) is 0 Å². The van der Waals surface area contributed by atoms with E-state index in [0.717, 1.165) is 22.4 Å². The molecule has 194 valence electrons. The van der Waals surface area contributed by atoms with E-state index in [4.69, 9.17) is 0 Å². The minimum atomic E-state index is -0.441. The van der Waals surface area contributed by atoms with Crippen LogP contribution in [0.4, 0.5) is 0 Å². The van der Waals surface area contributed by atoms with E-state index in [2.05, 4.69) is 44.5 Å². The molecule has 2 aliphatic rings. The number of nitrogens with one attached hydrogen (secondary N) is 1. The predicted octanol–water partition coefficient (Wildman–Crippen LogP) is 2.61. The number of H-pyrrole nitrogens is 1. The number of nitrogens with zero attached hydrogens (tertiary/aromatic N) is 3. The number of aromatic nitrogens is 1. The third-order valence-electron chi connectivity index (χ3n) is 6.54. The number of phenolic OH excluding ortho intramolecular Hbond substituents is 1. The molecular weight excluding hydrogens is 476 g/mol. The number of carbonyl (C=O) groups is 3. The maximum absolute atomic E-state index is 12.7. The number of benzene rings is 1. The highest BCUT2D eigenvalue weighted by atomic mass is 32.2. The molecule has 3 amide bonds. The number of aromatic amines is 1. The van der Waals surface area contributed by atoms with Gasteiger partial charge in [-0.25, -0.2) is 0 Å². The van der Waals surface area contributed by atoms with E-state index in [0.29, 0.717) is 38.0 Å². The molecule has 0 saturated carbocycles. The highest BCUT2D eigenvalue weighted by molar-refractivity contribution is 7.79. The fraction of sp³-hybridized carbons (Fsp3) is 0.519. The van der Waals surface area contributed by atoms with Crippen LogP contribution in [0.5, 0.6) is 5.75 Å². The van der Waals surface area contributed by atoms with Crippen molar-refractivity contribution >= 4 is 40.4 Å². The molecule has 2 N–H and O–H groups in total. The van der Waals surface area contributed by atoms with Crippen molar-refractivity contribution in [3.63, 3.8) is 0 Å². The Morgan fingerprint density at radius 2 is 1.69 bits per heavy atom. The van der Waals surface area contributed by atoms with Gasteiger partial charge in [-0.3, -0.25) is 24.2 Å². The Kier molecular flexibility index (Phi) is 7.52. The lowest BCUT2D eigenvalue weighted by molar-refractivity contribution is -0.145. The lowest BCUT2D eigenvalue weighted by Crippen LogP contribution is -2.51. The monoisotopic (exact) mass is 513 g/mol. The molecule has 9 heteroatoms. The van der Waals surface area contributed by atoms with Crippen molar-refractivity contribution in [3.8, 4) is 5.75 Å². The van der Waals surface area contributed by atoms with Gasteiger partial charge in [-0.1, -0.05) is 20.8 Å². The minimum Gasteiger partial charge on any atom is -0.508 e. The molecule has 2 aromatic rings. The Morgan fingerprint density at radius 1 is 1.06 bits per heavy atom. The van der Waals surface area contributed by atoms with Gasteiger partial charge in [-0.05, 0) is 37.8 Å². The summed E-state index contributed by atoms with van der Waals surface area (Å²) in [6, 6.07) is 3.82. The van der Waals surface area contributed by atoms with Crippen LogP contribution in [0, 0.1) is 5.41 Å². The first kappa shape index (κ1) is 26.3. The average Bonchev–Trinajstić information content (AvgIpc) is 3.29. The maximum atomic E-state index is 12.7. The molecule has 1 fully saturated rings. The molecule has 2 aliphatic heterocycles. The van der Waals surface area contributed by atoms with Gasteiger partial charge in [-0.15, -0.1) is 0 Å². The molecule has 1 aromatic heterocycles. The molecule has 0 spiro atoms. The van der Waals surface area contributed by atoms with Crippen LogP contribution in [-0.4, -0.2) is 80.5 Å². The van der Waals surface area contributed by atoms with E-state index in [1.165, 1.54) is 39.9 Å². The number of amides is 3. The van der Waals surface area contributed by atoms with Crippen molar-refractivity contribution in [2.45, 2.75) is 57.9 Å². The summed E-state index contributed by atoms with van der Waals surface area (Å²) >= 11 is 1.24. The van der Waals surface area contributed by atoms with Gasteiger partial charge < -0.3 is 15.0 Å². The van der Waals surface area contributed by atoms with Gasteiger partial charge in [0.05, 0.1) is 5.52 Å². The number of carbonyl (C=O) groups excluding carboxylic acids is 3. The summed E-state index contributed by atoms with van der Waals surface area (Å²) < 4.78 is 0. The van der Waals surface area contributed by atoms with Crippen molar-refractivity contribution in [2.24, 2.45) is 5.41 Å². The maximum Gasteiger partial charge on any atom is 0.254 e. The normalized spacial score (nSPS) is 17.3. The number of fused-ring (bicyclic) bond motifs is 1. The first-order valence-corrected chi connectivity index (χ1v) is 13.5. The Hall–Kier alpha value is -2.78. The Bertz CT molecular complexity index is 1180. The van der Waals surface area contributed by atoms with Gasteiger partial charge in [0, 0.05) is 73.2 Å². The summed E-state index contributed by atoms with van der Waals surface area (Å²) in [4.78, 5) is 44.8. The summed E-state index contributed by atoms with van der Waals surface area (Å²) in [6.07, 6.45) is 3.34. The van der Waals surface area contributed by atoms with Crippen LogP contribution in [0.2, 0.25) is 0 Å². The van der Waals surface area contributed by atoms with Crippen LogP contribution in [0.15, 0.2) is 29.3 Å². The molecule has 3 heterocycles. The van der Waals surface area contributed by atoms with Crippen molar-refractivity contribution in [3.05, 3.63) is 35.4 Å². The van der Waals surface area contributed by atoms with Crippen LogP contribution >= 0.6 is 0 Å². The zero-order chi connectivity index (χ0) is 26.2. The molecule has 8 nitrogen and oxygen atoms in total. The smallest absolute Gasteiger partial charge is 0.254 e. The zero-order valence-electron chi connectivity index (χ0n) is 21.8. The van der Waals surface area contributed by atoms with Gasteiger partial charge in [0.25, 0.3) is 11.8 Å². The van der Waals surface area contributed by atoms with Crippen LogP contribution in [0.25, 0.3) is 10.9 Å². The average molecular weight is 514 g/mol. The number of aromatic hydroxyl groups is 1. The summed E-state index contributed by atoms with van der Waals surface area (Å²) in [7, 11) is 0. The van der Waals surface area contributed by atoms with Crippen LogP contribution < -0.4 is 0 Å². The molecule has 0 unspecified atom stereocenters. The molecular formula is C27H37N4O4S+. The highest BCUT2D eigenvalue weighted by Gasteiger charge is 2.30. The van der Waals surface area contributed by atoms with Crippen molar-refractivity contribution in [1.82, 2.24) is 19.7 Å². The Labute approximate surface area is 216 Å². The second-order valence-corrected chi connectivity index (χ2v) is 12.9. The van der Waals surface area contributed by atoms with E-state index in [9.17, 15) is 19.5 Å². The van der Waals surface area contributed by atoms with Gasteiger partial charge in [-0.2, -0.15) is 0 Å². The van der Waals surface area contributed by atoms with Crippen LogP contribution in [0.3, 0.4) is 0 Å². The number of piperazine rings is 1. The second kappa shape index (κ2) is 10.3. The molecule has 0 aliphatic carbocycles. The number of rotatable bonds is 7. The predicted molar refractivity (Wildman–Crippen MR) is 143 cm³/mol. The van der Waals surface area contributed by atoms with Crippen LogP contribution in [0.1, 0.15) is 45.7 Å². The van der Waals surface area contributed by atoms with Crippen molar-refractivity contribution in [2.75, 3.05) is 32.7 Å². The van der Waals surface area contributed by atoms with E-state index in [1.54, 1.807) is 11.0 Å². The largest absolute Gasteiger partial charge is 0.508 e. The van der Waals surface area contributed by atoms with Crippen LogP contribution in [-0.2, 0) is 39.1 Å². The first-order valence-electron chi connectivity index (χ1n) is 12.5. The number of hydrogen-bond acceptors (Lipinski definition) is 5. The summed E-state index contributed by atoms with van der Waals surface area (Å²) in [5, 5.41) is 13.7. The Balaban J connectivity index is 1.48. The number of imide groups is 1. The van der Waals surface area contributed by atoms with Crippen molar-refractivity contribution in [1.29, 1.82) is 0 Å². The third-order valence-corrected chi connectivity index (χ3v) is 7.69. The minimum absolute atomic E-state index is 0.137. The topological polar surface area (TPSA) is 97.0 Å². The molecule has 1 aromatic carbocycles. The first-order chi connectivity index (χ1) is 16.9. The van der Waals surface area contributed by atoms with E-state index < -0.39 is 11.8 Å². The lowest BCUT2D eigenvalue weighted by atomic mass is 9.88. The second-order valence-electron chi connectivity index (χ2n) is 11.2. The van der Waals surface area contributed by atoms with E-state index in [1.807, 2.05) is 6.07 Å². The van der Waals surface area contributed by atoms with Gasteiger partial charge >= 0.3 is 0 Å². The standard InChI is InChI=1S/C27H36N4O4S/c1-17(2)36-26-19(14-27(3,4)5)18-6-7-21(32)20(25(18)28-26)15-29-10-12-30(13-11-29)24(35)16-31-22(33)8-9-23(31)34/h6-9,17,28,32H,10-16H2,1-5H3/p+1. The SMILES string of the molecule is CC(C)[SH+]c1[nH]c2c(CN3CCN(C(=O)CN4C(=O)C=CC4=O)CC3)c(O)ccc2c1CC(C)(C)C. The highest BCUT2D eigenvalue weighted by Crippen LogP contribution is 2.36. The molecule has 4 rings (SSSR count). The molecule has 0 atom stereocenters. The number of thiol groups is 1. The van der Waals surface area contributed by atoms with E-state index in [-0.39, 0.29) is 23.6 Å². The number of hydrogen-bond donors (Lipinski definition) is 2. The summed E-state index contributed by atoms with van der Waals surface area (Å²) in [5.74, 6) is -0.832. The van der Waals surface area contributed by atoms with E-state index >= 15 is 0 Å². The third kappa shape index (κ3) is 5.78. The lowest BCUT2D eigenvalue weighted by Gasteiger charge is -2.35. The molecule has 36 heavy (non-hydrogen) atoms. The fourth-order valence-corrected chi connectivity index (χ4v) is 5.84. The summed E-state index contributed by atoms with van der Waals surface area (Å²) in [5.41, 5.74) is 3.34. The van der Waals surface area contributed by atoms with Crippen molar-refractivity contribution < 1.29 is 19.5 Å². The van der Waals surface area contributed by atoms with Gasteiger partial charge in [0.2, 0.25) is 10.9 Å². The summed E-state index contributed by atoms with van der Waals surface area (Å²) in [6.45, 7) is 13.8. The number of phenols is 1. The Morgan fingerprint density at radius 3 is 2.28 bits per heavy atom. The zero-order valence-corrected chi connectivity index (χ0v) is 22.7. The fourth-order valence-electron chi connectivity index (χ4n) is 4.79. The molecule has 1 saturated heterocycles. The molecule has 0 bridgehead atoms. The van der Waals surface area contributed by atoms with Gasteiger partial charge in [0.1, 0.15) is 17.5 Å². The molecule has 0 radical (unpaired) electrons.